The number of hydrogen-bond acceptors (Lipinski definition) is 4. The molecule has 1 amide bonds. The summed E-state index contributed by atoms with van der Waals surface area (Å²) in [7, 11) is 0. The van der Waals surface area contributed by atoms with Gasteiger partial charge < -0.3 is 9.88 Å². The summed E-state index contributed by atoms with van der Waals surface area (Å²) in [6, 6.07) is 3.62. The lowest BCUT2D eigenvalue weighted by Crippen LogP contribution is -2.15. The van der Waals surface area contributed by atoms with Gasteiger partial charge in [-0.05, 0) is 31.9 Å². The fraction of sp³-hybridized carbons (Fsp3) is 0.438. The molecule has 0 bridgehead atoms. The number of nitrogens with one attached hydrogen (secondary N) is 1. The number of hydrogen-bond donors (Lipinski definition) is 1. The van der Waals surface area contributed by atoms with Crippen molar-refractivity contribution in [2.75, 3.05) is 11.1 Å². The van der Waals surface area contributed by atoms with Gasteiger partial charge in [-0.25, -0.2) is 4.98 Å². The van der Waals surface area contributed by atoms with E-state index >= 15 is 0 Å². The molecule has 118 valence electrons. The Bertz CT molecular complexity index is 637. The topological polar surface area (TPSA) is 59.8 Å². The summed E-state index contributed by atoms with van der Waals surface area (Å²) in [4.78, 5) is 20.6. The molecule has 0 saturated heterocycles. The lowest BCUT2D eigenvalue weighted by Gasteiger charge is -2.12. The maximum absolute atomic E-state index is 12.0. The van der Waals surface area contributed by atoms with Crippen molar-refractivity contribution in [2.24, 2.45) is 5.92 Å². The van der Waals surface area contributed by atoms with Gasteiger partial charge in [-0.3, -0.25) is 9.78 Å². The summed E-state index contributed by atoms with van der Waals surface area (Å²) >= 11 is 1.47. The first-order chi connectivity index (χ1) is 10.5. The third-order valence-corrected chi connectivity index (χ3v) is 4.22. The molecular formula is C16H22N4OS. The molecular weight excluding hydrogens is 296 g/mol. The Kier molecular flexibility index (Phi) is 5.60. The van der Waals surface area contributed by atoms with Gasteiger partial charge in [0, 0.05) is 18.4 Å². The van der Waals surface area contributed by atoms with Crippen LogP contribution in [0.4, 0.5) is 5.69 Å². The van der Waals surface area contributed by atoms with Gasteiger partial charge in [0.1, 0.15) is 0 Å². The van der Waals surface area contributed by atoms with Gasteiger partial charge in [0.2, 0.25) is 5.91 Å². The number of aromatic nitrogens is 3. The summed E-state index contributed by atoms with van der Waals surface area (Å²) in [6.45, 7) is 9.35. The second-order valence-electron chi connectivity index (χ2n) is 5.65. The summed E-state index contributed by atoms with van der Waals surface area (Å²) in [5.41, 5.74) is 2.91. The Hall–Kier alpha value is -1.82. The van der Waals surface area contributed by atoms with Gasteiger partial charge in [-0.1, -0.05) is 25.6 Å². The fourth-order valence-electron chi connectivity index (χ4n) is 2.08. The van der Waals surface area contributed by atoms with Crippen molar-refractivity contribution in [2.45, 2.75) is 39.4 Å². The zero-order valence-electron chi connectivity index (χ0n) is 13.5. The average Bonchev–Trinajstić information content (AvgIpc) is 2.73. The summed E-state index contributed by atoms with van der Waals surface area (Å²) in [5, 5.41) is 3.74. The van der Waals surface area contributed by atoms with E-state index in [2.05, 4.69) is 40.6 Å². The van der Waals surface area contributed by atoms with E-state index in [1.807, 2.05) is 13.0 Å². The third-order valence-electron chi connectivity index (χ3n) is 3.25. The van der Waals surface area contributed by atoms with Crippen molar-refractivity contribution in [3.8, 4) is 0 Å². The van der Waals surface area contributed by atoms with E-state index < -0.39 is 0 Å². The first-order valence-corrected chi connectivity index (χ1v) is 8.32. The third kappa shape index (κ3) is 4.34. The Balaban J connectivity index is 1.99. The Labute approximate surface area is 135 Å². The first kappa shape index (κ1) is 16.5. The smallest absolute Gasteiger partial charge is 0.234 e. The number of imidazole rings is 1. The molecule has 1 N–H and O–H groups in total. The molecule has 2 aromatic rings. The largest absolute Gasteiger partial charge is 0.324 e. The van der Waals surface area contributed by atoms with Crippen molar-refractivity contribution in [1.82, 2.24) is 14.5 Å². The van der Waals surface area contributed by atoms with E-state index in [1.54, 1.807) is 18.5 Å². The van der Waals surface area contributed by atoms with Crippen LogP contribution in [0.2, 0.25) is 0 Å². The highest BCUT2D eigenvalue weighted by Crippen LogP contribution is 2.22. The van der Waals surface area contributed by atoms with Gasteiger partial charge in [0.15, 0.2) is 5.16 Å². The molecule has 0 radical (unpaired) electrons. The second kappa shape index (κ2) is 7.45. The molecule has 0 aromatic carbocycles. The Morgan fingerprint density at radius 1 is 1.41 bits per heavy atom. The standard InChI is InChI=1S/C16H22N4OS/c1-11(2)9-20-13(4)12(3)18-16(20)22-10-15(21)19-14-6-5-7-17-8-14/h5-8,11H,9-10H2,1-4H3,(H,19,21). The zero-order chi connectivity index (χ0) is 16.1. The van der Waals surface area contributed by atoms with Gasteiger partial charge >= 0.3 is 0 Å². The summed E-state index contributed by atoms with van der Waals surface area (Å²) < 4.78 is 2.20. The fourth-order valence-corrected chi connectivity index (χ4v) is 2.98. The molecule has 0 atom stereocenters. The van der Waals surface area contributed by atoms with Crippen LogP contribution in [0.1, 0.15) is 25.2 Å². The zero-order valence-corrected chi connectivity index (χ0v) is 14.3. The van der Waals surface area contributed by atoms with E-state index in [1.165, 1.54) is 17.5 Å². The number of thioether (sulfide) groups is 1. The van der Waals surface area contributed by atoms with Crippen molar-refractivity contribution in [1.29, 1.82) is 0 Å². The number of carbonyl (C=O) groups is 1. The minimum Gasteiger partial charge on any atom is -0.324 e. The summed E-state index contributed by atoms with van der Waals surface area (Å²) in [5.74, 6) is 0.825. The maximum Gasteiger partial charge on any atom is 0.234 e. The molecule has 0 aliphatic carbocycles. The Morgan fingerprint density at radius 2 is 2.18 bits per heavy atom. The van der Waals surface area contributed by atoms with Gasteiger partial charge in [-0.15, -0.1) is 0 Å². The van der Waals surface area contributed by atoms with E-state index in [9.17, 15) is 4.79 Å². The van der Waals surface area contributed by atoms with Crippen LogP contribution >= 0.6 is 11.8 Å². The lowest BCUT2D eigenvalue weighted by atomic mass is 10.2. The van der Waals surface area contributed by atoms with Crippen molar-refractivity contribution < 1.29 is 4.79 Å². The van der Waals surface area contributed by atoms with Gasteiger partial charge in [-0.2, -0.15) is 0 Å². The van der Waals surface area contributed by atoms with E-state index in [0.717, 1.165) is 17.4 Å². The minimum atomic E-state index is -0.0487. The molecule has 6 heteroatoms. The number of anilines is 1. The molecule has 2 heterocycles. The quantitative estimate of drug-likeness (QED) is 0.830. The molecule has 5 nitrogen and oxygen atoms in total. The van der Waals surface area contributed by atoms with Crippen molar-refractivity contribution in [3.63, 3.8) is 0 Å². The van der Waals surface area contributed by atoms with Gasteiger partial charge in [0.25, 0.3) is 0 Å². The predicted molar refractivity (Wildman–Crippen MR) is 90.1 cm³/mol. The van der Waals surface area contributed by atoms with Crippen LogP contribution < -0.4 is 5.32 Å². The SMILES string of the molecule is Cc1nc(SCC(=O)Nc2cccnc2)n(CC(C)C)c1C. The van der Waals surface area contributed by atoms with E-state index in [0.29, 0.717) is 17.4 Å². The molecule has 0 spiro atoms. The van der Waals surface area contributed by atoms with Crippen LogP contribution in [0.5, 0.6) is 0 Å². The minimum absolute atomic E-state index is 0.0487. The van der Waals surface area contributed by atoms with Crippen LogP contribution in [-0.4, -0.2) is 26.2 Å². The molecule has 2 aromatic heterocycles. The van der Waals surface area contributed by atoms with Crippen LogP contribution in [0, 0.1) is 19.8 Å². The van der Waals surface area contributed by atoms with Crippen LogP contribution in [0.25, 0.3) is 0 Å². The number of carbonyl (C=O) groups excluding carboxylic acids is 1. The highest BCUT2D eigenvalue weighted by molar-refractivity contribution is 7.99. The monoisotopic (exact) mass is 318 g/mol. The van der Waals surface area contributed by atoms with Crippen LogP contribution in [-0.2, 0) is 11.3 Å². The van der Waals surface area contributed by atoms with E-state index in [4.69, 9.17) is 0 Å². The number of aryl methyl sites for hydroxylation is 1. The summed E-state index contributed by atoms with van der Waals surface area (Å²) in [6.07, 6.45) is 3.31. The van der Waals surface area contributed by atoms with E-state index in [-0.39, 0.29) is 5.91 Å². The first-order valence-electron chi connectivity index (χ1n) is 7.33. The highest BCUT2D eigenvalue weighted by atomic mass is 32.2. The molecule has 2 rings (SSSR count). The lowest BCUT2D eigenvalue weighted by molar-refractivity contribution is -0.113. The normalized spacial score (nSPS) is 11.0. The number of rotatable bonds is 6. The average molecular weight is 318 g/mol. The molecule has 0 aliphatic rings. The van der Waals surface area contributed by atoms with Gasteiger partial charge in [0.05, 0.1) is 23.3 Å². The highest BCUT2D eigenvalue weighted by Gasteiger charge is 2.14. The second-order valence-corrected chi connectivity index (χ2v) is 6.59. The molecule has 22 heavy (non-hydrogen) atoms. The maximum atomic E-state index is 12.0. The van der Waals surface area contributed by atoms with Crippen molar-refractivity contribution >= 4 is 23.4 Å². The molecule has 0 aliphatic heterocycles. The van der Waals surface area contributed by atoms with Crippen LogP contribution in [0.3, 0.4) is 0 Å². The molecule has 0 unspecified atom stereocenters. The van der Waals surface area contributed by atoms with Crippen LogP contribution in [0.15, 0.2) is 29.7 Å². The van der Waals surface area contributed by atoms with Crippen molar-refractivity contribution in [3.05, 3.63) is 35.9 Å². The number of nitrogens with zero attached hydrogens (tertiary/aromatic N) is 3. The molecule has 0 fully saturated rings. The number of amides is 1. The number of pyridine rings is 1. The predicted octanol–water partition coefficient (Wildman–Crippen LogP) is 3.28. The Morgan fingerprint density at radius 3 is 2.82 bits per heavy atom. The molecule has 0 saturated carbocycles.